The maximum Gasteiger partial charge on any atom is 0.227 e. The minimum atomic E-state index is -0.131. The zero-order chi connectivity index (χ0) is 30.2. The van der Waals surface area contributed by atoms with E-state index in [0.717, 1.165) is 42.9 Å². The normalized spacial score (nSPS) is 16.1. The number of benzene rings is 2. The van der Waals surface area contributed by atoms with Gasteiger partial charge in [0.15, 0.2) is 0 Å². The fourth-order valence-electron chi connectivity index (χ4n) is 4.78. The molecule has 0 saturated carbocycles. The fraction of sp³-hybridized carbons (Fsp3) is 0.581. The number of anilines is 1. The summed E-state index contributed by atoms with van der Waals surface area (Å²) in [5.41, 5.74) is 2.91. The summed E-state index contributed by atoms with van der Waals surface area (Å²) in [4.78, 5) is 17.7. The molecule has 1 fully saturated rings. The van der Waals surface area contributed by atoms with E-state index >= 15 is 0 Å². The van der Waals surface area contributed by atoms with Gasteiger partial charge in [0, 0.05) is 53.1 Å². The maximum absolute atomic E-state index is 13.5. The van der Waals surface area contributed by atoms with Crippen molar-refractivity contribution in [2.75, 3.05) is 99.0 Å². The van der Waals surface area contributed by atoms with Crippen LogP contribution in [0.3, 0.4) is 0 Å². The van der Waals surface area contributed by atoms with Crippen LogP contribution in [0.1, 0.15) is 23.6 Å². The third-order valence-corrected chi connectivity index (χ3v) is 7.92. The second-order valence-electron chi connectivity index (χ2n) is 10.2. The average molecular weight is 627 g/mol. The number of nitrogens with zero attached hydrogens (tertiary/aromatic N) is 2. The Balaban J connectivity index is 1.56. The molecule has 2 aromatic rings. The molecule has 0 aromatic heterocycles. The number of likely N-dealkylation sites (tertiary alicyclic amines) is 1. The number of halogens is 2. The summed E-state index contributed by atoms with van der Waals surface area (Å²) < 4.78 is 27.2. The SMILES string of the molecule is COCCNc1ccc(C(CN2CC[C@H](OCCOCCOCCOC)C2)N(C)C(=O)Cc2ccc(Cl)c(Cl)c2)cc1. The molecule has 2 aromatic carbocycles. The molecule has 1 aliphatic heterocycles. The first-order valence-corrected chi connectivity index (χ1v) is 15.2. The van der Waals surface area contributed by atoms with Crippen molar-refractivity contribution >= 4 is 34.8 Å². The van der Waals surface area contributed by atoms with E-state index in [-0.39, 0.29) is 24.5 Å². The van der Waals surface area contributed by atoms with Gasteiger partial charge in [-0.05, 0) is 41.8 Å². The highest BCUT2D eigenvalue weighted by Crippen LogP contribution is 2.27. The highest BCUT2D eigenvalue weighted by Gasteiger charge is 2.29. The molecule has 9 nitrogen and oxygen atoms in total. The van der Waals surface area contributed by atoms with Gasteiger partial charge < -0.3 is 33.9 Å². The van der Waals surface area contributed by atoms with Crippen LogP contribution in [0.15, 0.2) is 42.5 Å². The number of hydrogen-bond acceptors (Lipinski definition) is 8. The summed E-state index contributed by atoms with van der Waals surface area (Å²) in [5.74, 6) is 0.0102. The minimum Gasteiger partial charge on any atom is -0.383 e. The first-order chi connectivity index (χ1) is 20.4. The highest BCUT2D eigenvalue weighted by atomic mass is 35.5. The van der Waals surface area contributed by atoms with Crippen LogP contribution in [0.25, 0.3) is 0 Å². The number of hydrogen-bond donors (Lipinski definition) is 1. The number of carbonyl (C=O) groups excluding carboxylic acids is 1. The van der Waals surface area contributed by atoms with E-state index in [1.54, 1.807) is 26.4 Å². The van der Waals surface area contributed by atoms with Crippen LogP contribution in [-0.2, 0) is 34.9 Å². The zero-order valence-corrected chi connectivity index (χ0v) is 26.5. The van der Waals surface area contributed by atoms with Crippen LogP contribution in [0.5, 0.6) is 0 Å². The number of nitrogens with one attached hydrogen (secondary N) is 1. The minimum absolute atomic E-state index is 0.0102. The van der Waals surface area contributed by atoms with Gasteiger partial charge in [-0.1, -0.05) is 41.4 Å². The summed E-state index contributed by atoms with van der Waals surface area (Å²) >= 11 is 12.3. The van der Waals surface area contributed by atoms with E-state index in [2.05, 4.69) is 22.3 Å². The van der Waals surface area contributed by atoms with Crippen molar-refractivity contribution < 1.29 is 28.5 Å². The number of ether oxygens (including phenoxy) is 5. The monoisotopic (exact) mass is 625 g/mol. The standard InChI is InChI=1S/C31H45Cl2N3O6/c1-35(31(37)21-24-4-9-28(32)29(33)20-24)30(25-5-7-26(8-6-25)34-11-13-38-2)23-36-12-10-27(22-36)42-19-18-41-17-16-40-15-14-39-3/h4-9,20,27,30,34H,10-19,21-23H2,1-3H3/t27-,30?/m0/s1. The van der Waals surface area contributed by atoms with E-state index in [1.807, 2.05) is 30.1 Å². The topological polar surface area (TPSA) is 81.7 Å². The molecule has 11 heteroatoms. The van der Waals surface area contributed by atoms with Crippen LogP contribution in [0, 0.1) is 0 Å². The Morgan fingerprint density at radius 1 is 0.952 bits per heavy atom. The number of amides is 1. The molecule has 1 N–H and O–H groups in total. The number of rotatable bonds is 20. The second-order valence-corrected chi connectivity index (χ2v) is 11.1. The Bertz CT molecular complexity index is 1060. The molecule has 3 rings (SSSR count). The predicted molar refractivity (Wildman–Crippen MR) is 167 cm³/mol. The van der Waals surface area contributed by atoms with Gasteiger partial charge >= 0.3 is 0 Å². The fourth-order valence-corrected chi connectivity index (χ4v) is 5.10. The van der Waals surface area contributed by atoms with Gasteiger partial charge in [-0.3, -0.25) is 9.69 Å². The molecule has 1 amide bonds. The summed E-state index contributed by atoms with van der Waals surface area (Å²) in [7, 11) is 5.21. The molecule has 234 valence electrons. The van der Waals surface area contributed by atoms with Gasteiger partial charge in [0.2, 0.25) is 5.91 Å². The average Bonchev–Trinajstić information content (AvgIpc) is 3.44. The van der Waals surface area contributed by atoms with Crippen molar-refractivity contribution in [2.24, 2.45) is 0 Å². The summed E-state index contributed by atoms with van der Waals surface area (Å²) in [5, 5.41) is 4.27. The van der Waals surface area contributed by atoms with Gasteiger partial charge in [0.1, 0.15) is 0 Å². The second kappa shape index (κ2) is 19.4. The molecular formula is C31H45Cl2N3O6. The lowest BCUT2D eigenvalue weighted by Gasteiger charge is -2.32. The van der Waals surface area contributed by atoms with E-state index in [0.29, 0.717) is 62.8 Å². The summed E-state index contributed by atoms with van der Waals surface area (Å²) in [6, 6.07) is 13.5. The zero-order valence-electron chi connectivity index (χ0n) is 25.0. The highest BCUT2D eigenvalue weighted by molar-refractivity contribution is 6.42. The molecule has 1 heterocycles. The Morgan fingerprint density at radius 3 is 2.33 bits per heavy atom. The van der Waals surface area contributed by atoms with Crippen LogP contribution in [0.2, 0.25) is 10.0 Å². The number of likely N-dealkylation sites (N-methyl/N-ethyl adjacent to an activating group) is 1. The quantitative estimate of drug-likeness (QED) is 0.214. The van der Waals surface area contributed by atoms with Gasteiger partial charge in [-0.25, -0.2) is 0 Å². The van der Waals surface area contributed by atoms with E-state index in [4.69, 9.17) is 46.9 Å². The van der Waals surface area contributed by atoms with Crippen LogP contribution < -0.4 is 5.32 Å². The smallest absolute Gasteiger partial charge is 0.227 e. The van der Waals surface area contributed by atoms with Crippen molar-refractivity contribution in [1.29, 1.82) is 0 Å². The van der Waals surface area contributed by atoms with Crippen molar-refractivity contribution in [2.45, 2.75) is 25.0 Å². The van der Waals surface area contributed by atoms with Crippen molar-refractivity contribution in [3.63, 3.8) is 0 Å². The molecule has 0 radical (unpaired) electrons. The molecule has 42 heavy (non-hydrogen) atoms. The van der Waals surface area contributed by atoms with Crippen molar-refractivity contribution in [1.82, 2.24) is 9.80 Å². The molecule has 1 unspecified atom stereocenters. The Morgan fingerprint density at radius 2 is 1.64 bits per heavy atom. The van der Waals surface area contributed by atoms with Gasteiger partial charge in [-0.2, -0.15) is 0 Å². The first kappa shape index (κ1) is 34.5. The lowest BCUT2D eigenvalue weighted by Crippen LogP contribution is -2.39. The lowest BCUT2D eigenvalue weighted by molar-refractivity contribution is -0.131. The maximum atomic E-state index is 13.5. The molecule has 0 spiro atoms. The molecule has 2 atom stereocenters. The van der Waals surface area contributed by atoms with Crippen molar-refractivity contribution in [3.8, 4) is 0 Å². The molecule has 1 aliphatic rings. The summed E-state index contributed by atoms with van der Waals surface area (Å²) in [6.07, 6.45) is 1.32. The Labute approximate surface area is 260 Å². The van der Waals surface area contributed by atoms with Crippen LogP contribution in [0.4, 0.5) is 5.69 Å². The van der Waals surface area contributed by atoms with Gasteiger partial charge in [-0.15, -0.1) is 0 Å². The first-order valence-electron chi connectivity index (χ1n) is 14.4. The van der Waals surface area contributed by atoms with E-state index in [1.165, 1.54) is 0 Å². The molecular weight excluding hydrogens is 581 g/mol. The lowest BCUT2D eigenvalue weighted by atomic mass is 10.0. The summed E-state index contributed by atoms with van der Waals surface area (Å²) in [6.45, 7) is 7.08. The van der Waals surface area contributed by atoms with Crippen LogP contribution in [-0.4, -0.2) is 116 Å². The number of carbonyl (C=O) groups is 1. The largest absolute Gasteiger partial charge is 0.383 e. The van der Waals surface area contributed by atoms with E-state index < -0.39 is 0 Å². The van der Waals surface area contributed by atoms with E-state index in [9.17, 15) is 4.79 Å². The number of methoxy groups -OCH3 is 2. The molecule has 0 aliphatic carbocycles. The third kappa shape index (κ3) is 12.0. The Kier molecular flexibility index (Phi) is 15.9. The van der Waals surface area contributed by atoms with Crippen molar-refractivity contribution in [3.05, 3.63) is 63.6 Å². The molecule has 0 bridgehead atoms. The third-order valence-electron chi connectivity index (χ3n) is 7.18. The van der Waals surface area contributed by atoms with Crippen LogP contribution >= 0.6 is 23.2 Å². The van der Waals surface area contributed by atoms with Gasteiger partial charge in [0.05, 0.1) is 74.9 Å². The predicted octanol–water partition coefficient (Wildman–Crippen LogP) is 4.56. The van der Waals surface area contributed by atoms with Gasteiger partial charge in [0.25, 0.3) is 0 Å². The molecule has 1 saturated heterocycles. The Hall–Kier alpha value is -1.95.